The smallest absolute Gasteiger partial charge is 0.226 e. The Labute approximate surface area is 178 Å². The van der Waals surface area contributed by atoms with E-state index in [1.165, 1.54) is 30.4 Å². The first-order valence-electron chi connectivity index (χ1n) is 11.2. The standard InChI is InChI=1S/C25H28N4O/c26-15-18-10-11-24(27-16-18)28-12-13-29-22(17-28)14-21(25(29)30)8-2-6-19-4-1-5-20-7-3-9-23(19)20/h1,4-5,10-11,16,21-22H,2-3,6-9,12-14,17H2/t21-,22-/m0/s1. The predicted octanol–water partition coefficient (Wildman–Crippen LogP) is 3.50. The Morgan fingerprint density at radius 2 is 2.10 bits per heavy atom. The summed E-state index contributed by atoms with van der Waals surface area (Å²) in [5.74, 6) is 1.42. The summed E-state index contributed by atoms with van der Waals surface area (Å²) in [6.45, 7) is 2.42. The molecular formula is C25H28N4O. The second-order valence-electron chi connectivity index (χ2n) is 8.88. The zero-order chi connectivity index (χ0) is 20.5. The molecule has 30 heavy (non-hydrogen) atoms. The number of piperazine rings is 1. The first-order valence-corrected chi connectivity index (χ1v) is 11.2. The number of aromatic nitrogens is 1. The molecule has 0 unspecified atom stereocenters. The van der Waals surface area contributed by atoms with Crippen LogP contribution in [0.4, 0.5) is 5.82 Å². The van der Waals surface area contributed by atoms with E-state index >= 15 is 0 Å². The number of fused-ring (bicyclic) bond motifs is 2. The summed E-state index contributed by atoms with van der Waals surface area (Å²) in [6.07, 6.45) is 9.50. The second kappa shape index (κ2) is 8.10. The number of nitrogens with zero attached hydrogens (tertiary/aromatic N) is 4. The highest BCUT2D eigenvalue weighted by molar-refractivity contribution is 5.82. The number of rotatable bonds is 5. The molecule has 5 heteroatoms. The highest BCUT2D eigenvalue weighted by atomic mass is 16.2. The third-order valence-corrected chi connectivity index (χ3v) is 7.11. The van der Waals surface area contributed by atoms with E-state index in [4.69, 9.17) is 5.26 Å². The van der Waals surface area contributed by atoms with Gasteiger partial charge in [0, 0.05) is 31.7 Å². The summed E-state index contributed by atoms with van der Waals surface area (Å²) >= 11 is 0. The Balaban J connectivity index is 1.18. The topological polar surface area (TPSA) is 60.2 Å². The van der Waals surface area contributed by atoms with Crippen molar-refractivity contribution in [3.63, 3.8) is 0 Å². The number of carbonyl (C=O) groups is 1. The van der Waals surface area contributed by atoms with Crippen LogP contribution in [0.3, 0.4) is 0 Å². The molecule has 0 saturated carbocycles. The molecule has 0 radical (unpaired) electrons. The second-order valence-corrected chi connectivity index (χ2v) is 8.88. The molecule has 3 heterocycles. The van der Waals surface area contributed by atoms with Gasteiger partial charge in [-0.3, -0.25) is 4.79 Å². The lowest BCUT2D eigenvalue weighted by Gasteiger charge is -2.38. The van der Waals surface area contributed by atoms with Crippen LogP contribution in [0, 0.1) is 17.2 Å². The van der Waals surface area contributed by atoms with Crippen LogP contribution in [0.2, 0.25) is 0 Å². The molecule has 5 nitrogen and oxygen atoms in total. The van der Waals surface area contributed by atoms with Gasteiger partial charge in [-0.25, -0.2) is 4.98 Å². The average molecular weight is 401 g/mol. The van der Waals surface area contributed by atoms with Gasteiger partial charge >= 0.3 is 0 Å². The lowest BCUT2D eigenvalue weighted by atomic mass is 9.94. The van der Waals surface area contributed by atoms with Crippen molar-refractivity contribution in [1.82, 2.24) is 9.88 Å². The number of anilines is 1. The maximum Gasteiger partial charge on any atom is 0.226 e. The van der Waals surface area contributed by atoms with E-state index in [1.54, 1.807) is 11.8 Å². The SMILES string of the molecule is N#Cc1ccc(N2CCN3C(=O)[C@@H](CCCc4cccc5c4CCC5)C[C@H]3C2)nc1. The van der Waals surface area contributed by atoms with Crippen molar-refractivity contribution >= 4 is 11.7 Å². The van der Waals surface area contributed by atoms with E-state index in [2.05, 4.69) is 39.1 Å². The Hall–Kier alpha value is -2.87. The summed E-state index contributed by atoms with van der Waals surface area (Å²) in [7, 11) is 0. The Kier molecular flexibility index (Phi) is 5.16. The average Bonchev–Trinajstić information content (AvgIpc) is 3.39. The zero-order valence-electron chi connectivity index (χ0n) is 17.4. The van der Waals surface area contributed by atoms with Gasteiger partial charge in [0.2, 0.25) is 5.91 Å². The van der Waals surface area contributed by atoms with Crippen LogP contribution in [0.25, 0.3) is 0 Å². The van der Waals surface area contributed by atoms with Crippen LogP contribution in [0.15, 0.2) is 36.5 Å². The molecule has 2 atom stereocenters. The Bertz CT molecular complexity index is 978. The Morgan fingerprint density at radius 1 is 1.17 bits per heavy atom. The van der Waals surface area contributed by atoms with Crippen LogP contribution in [-0.2, 0) is 24.1 Å². The van der Waals surface area contributed by atoms with Crippen molar-refractivity contribution in [2.75, 3.05) is 24.5 Å². The fraction of sp³-hybridized carbons (Fsp3) is 0.480. The van der Waals surface area contributed by atoms with Gasteiger partial charge in [-0.2, -0.15) is 5.26 Å². The number of carbonyl (C=O) groups excluding carboxylic acids is 1. The van der Waals surface area contributed by atoms with Gasteiger partial charge in [-0.1, -0.05) is 18.2 Å². The van der Waals surface area contributed by atoms with Gasteiger partial charge in [0.25, 0.3) is 0 Å². The normalized spacial score (nSPS) is 22.7. The maximum atomic E-state index is 13.0. The summed E-state index contributed by atoms with van der Waals surface area (Å²) in [5, 5.41) is 8.96. The summed E-state index contributed by atoms with van der Waals surface area (Å²) in [5.41, 5.74) is 5.21. The van der Waals surface area contributed by atoms with Gasteiger partial charge in [0.1, 0.15) is 11.9 Å². The summed E-state index contributed by atoms with van der Waals surface area (Å²) in [4.78, 5) is 21.7. The van der Waals surface area contributed by atoms with E-state index < -0.39 is 0 Å². The van der Waals surface area contributed by atoms with E-state index in [1.807, 2.05) is 12.1 Å². The minimum atomic E-state index is 0.167. The molecule has 2 aromatic rings. The number of hydrogen-bond acceptors (Lipinski definition) is 4. The molecule has 2 saturated heterocycles. The quantitative estimate of drug-likeness (QED) is 0.771. The van der Waals surface area contributed by atoms with Crippen molar-refractivity contribution < 1.29 is 4.79 Å². The number of nitriles is 1. The molecule has 0 N–H and O–H groups in total. The summed E-state index contributed by atoms with van der Waals surface area (Å²) in [6, 6.07) is 12.9. The van der Waals surface area contributed by atoms with Gasteiger partial charge < -0.3 is 9.80 Å². The molecular weight excluding hydrogens is 372 g/mol. The predicted molar refractivity (Wildman–Crippen MR) is 116 cm³/mol. The summed E-state index contributed by atoms with van der Waals surface area (Å²) < 4.78 is 0. The van der Waals surface area contributed by atoms with Crippen LogP contribution < -0.4 is 4.90 Å². The minimum absolute atomic E-state index is 0.167. The minimum Gasteiger partial charge on any atom is -0.353 e. The molecule has 1 aromatic heterocycles. The van der Waals surface area contributed by atoms with Crippen molar-refractivity contribution in [3.05, 3.63) is 58.8 Å². The largest absolute Gasteiger partial charge is 0.353 e. The maximum absolute atomic E-state index is 13.0. The van der Waals surface area contributed by atoms with E-state index in [-0.39, 0.29) is 12.0 Å². The molecule has 0 spiro atoms. The monoisotopic (exact) mass is 400 g/mol. The molecule has 3 aliphatic rings. The van der Waals surface area contributed by atoms with E-state index in [0.717, 1.165) is 51.1 Å². The van der Waals surface area contributed by atoms with Gasteiger partial charge in [-0.05, 0) is 73.8 Å². The van der Waals surface area contributed by atoms with Crippen molar-refractivity contribution in [2.24, 2.45) is 5.92 Å². The highest BCUT2D eigenvalue weighted by Crippen LogP contribution is 2.33. The van der Waals surface area contributed by atoms with Gasteiger partial charge in [0.05, 0.1) is 11.6 Å². The number of aryl methyl sites for hydroxylation is 2. The number of amides is 1. The van der Waals surface area contributed by atoms with Crippen molar-refractivity contribution in [2.45, 2.75) is 51.0 Å². The number of hydrogen-bond donors (Lipinski definition) is 0. The van der Waals surface area contributed by atoms with Crippen LogP contribution in [0.1, 0.15) is 47.9 Å². The molecule has 0 bridgehead atoms. The van der Waals surface area contributed by atoms with Gasteiger partial charge in [-0.15, -0.1) is 0 Å². The number of pyridine rings is 1. The van der Waals surface area contributed by atoms with E-state index in [0.29, 0.717) is 11.5 Å². The van der Waals surface area contributed by atoms with Crippen LogP contribution >= 0.6 is 0 Å². The molecule has 2 fully saturated rings. The highest BCUT2D eigenvalue weighted by Gasteiger charge is 2.42. The lowest BCUT2D eigenvalue weighted by molar-refractivity contribution is -0.132. The van der Waals surface area contributed by atoms with Crippen molar-refractivity contribution in [1.29, 1.82) is 5.26 Å². The molecule has 5 rings (SSSR count). The molecule has 154 valence electrons. The van der Waals surface area contributed by atoms with E-state index in [9.17, 15) is 4.79 Å². The Morgan fingerprint density at radius 3 is 2.93 bits per heavy atom. The first-order chi connectivity index (χ1) is 14.7. The molecule has 1 aliphatic carbocycles. The van der Waals surface area contributed by atoms with Gasteiger partial charge in [0.15, 0.2) is 0 Å². The first kappa shape index (κ1) is 19.1. The molecule has 1 amide bonds. The lowest BCUT2D eigenvalue weighted by Crippen LogP contribution is -2.51. The molecule has 2 aliphatic heterocycles. The zero-order valence-corrected chi connectivity index (χ0v) is 17.4. The molecule has 1 aromatic carbocycles. The third-order valence-electron chi connectivity index (χ3n) is 7.11. The fourth-order valence-electron chi connectivity index (χ4n) is 5.57. The fourth-order valence-corrected chi connectivity index (χ4v) is 5.57. The van der Waals surface area contributed by atoms with Crippen LogP contribution in [-0.4, -0.2) is 41.5 Å². The number of benzene rings is 1. The van der Waals surface area contributed by atoms with Crippen LogP contribution in [0.5, 0.6) is 0 Å². The third kappa shape index (κ3) is 3.56. The van der Waals surface area contributed by atoms with Crippen molar-refractivity contribution in [3.8, 4) is 6.07 Å².